The lowest BCUT2D eigenvalue weighted by atomic mass is 10.1. The van der Waals surface area contributed by atoms with Crippen LogP contribution >= 0.6 is 0 Å². The maximum absolute atomic E-state index is 12.8. The van der Waals surface area contributed by atoms with Crippen molar-refractivity contribution in [2.75, 3.05) is 31.0 Å². The van der Waals surface area contributed by atoms with Crippen LogP contribution in [0.2, 0.25) is 0 Å². The molecule has 1 atom stereocenters. The molecule has 29 heavy (non-hydrogen) atoms. The highest BCUT2D eigenvalue weighted by Gasteiger charge is 2.35. The van der Waals surface area contributed by atoms with Gasteiger partial charge in [-0.1, -0.05) is 0 Å². The van der Waals surface area contributed by atoms with Gasteiger partial charge in [-0.3, -0.25) is 9.59 Å². The number of hydrogen-bond donors (Lipinski definition) is 1. The molecule has 0 saturated carbocycles. The number of carbonyl (C=O) groups is 2. The number of hydrogen-bond acceptors (Lipinski definition) is 6. The van der Waals surface area contributed by atoms with E-state index in [0.717, 1.165) is 0 Å². The molecule has 3 aromatic rings. The van der Waals surface area contributed by atoms with Crippen molar-refractivity contribution >= 4 is 34.3 Å². The summed E-state index contributed by atoms with van der Waals surface area (Å²) in [5, 5.41) is 2.85. The summed E-state index contributed by atoms with van der Waals surface area (Å²) < 4.78 is 16.0. The largest absolute Gasteiger partial charge is 0.497 e. The van der Waals surface area contributed by atoms with Crippen LogP contribution in [0.25, 0.3) is 11.1 Å². The van der Waals surface area contributed by atoms with E-state index in [2.05, 4.69) is 10.3 Å². The van der Waals surface area contributed by atoms with E-state index >= 15 is 0 Å². The molecule has 0 spiro atoms. The van der Waals surface area contributed by atoms with Gasteiger partial charge in [-0.15, -0.1) is 0 Å². The van der Waals surface area contributed by atoms with Crippen LogP contribution in [0.3, 0.4) is 0 Å². The molecule has 150 valence electrons. The standard InChI is InChI=1S/C21H21N3O5/c1-12-22-16-9-14(4-6-19(16)29-12)24-11-13(8-20(24)25)21(26)23-17-10-15(27-2)5-7-18(17)28-3/h4-7,9-10,13H,8,11H2,1-3H3,(H,23,26)/t13-/m0/s1. The van der Waals surface area contributed by atoms with Crippen LogP contribution < -0.4 is 19.7 Å². The Morgan fingerprint density at radius 1 is 1.21 bits per heavy atom. The first-order valence-electron chi connectivity index (χ1n) is 9.19. The second kappa shape index (κ2) is 7.46. The monoisotopic (exact) mass is 395 g/mol. The molecule has 0 radical (unpaired) electrons. The zero-order chi connectivity index (χ0) is 20.5. The fourth-order valence-electron chi connectivity index (χ4n) is 3.48. The Balaban J connectivity index is 1.52. The van der Waals surface area contributed by atoms with Crippen LogP contribution in [0.5, 0.6) is 11.5 Å². The van der Waals surface area contributed by atoms with E-state index in [1.807, 2.05) is 0 Å². The number of rotatable bonds is 5. The van der Waals surface area contributed by atoms with Crippen LogP contribution in [0.4, 0.5) is 11.4 Å². The van der Waals surface area contributed by atoms with E-state index in [-0.39, 0.29) is 18.2 Å². The van der Waals surface area contributed by atoms with E-state index < -0.39 is 5.92 Å². The molecule has 8 heteroatoms. The third-order valence-electron chi connectivity index (χ3n) is 4.95. The first-order valence-corrected chi connectivity index (χ1v) is 9.19. The molecule has 8 nitrogen and oxygen atoms in total. The highest BCUT2D eigenvalue weighted by Crippen LogP contribution is 2.32. The van der Waals surface area contributed by atoms with Crippen molar-refractivity contribution in [3.63, 3.8) is 0 Å². The van der Waals surface area contributed by atoms with Crippen LogP contribution in [0.1, 0.15) is 12.3 Å². The summed E-state index contributed by atoms with van der Waals surface area (Å²) in [7, 11) is 3.08. The van der Waals surface area contributed by atoms with E-state index in [1.165, 1.54) is 7.11 Å². The van der Waals surface area contributed by atoms with E-state index in [1.54, 1.807) is 55.3 Å². The van der Waals surface area contributed by atoms with Gasteiger partial charge in [0.1, 0.15) is 17.0 Å². The third kappa shape index (κ3) is 3.61. The number of fused-ring (bicyclic) bond motifs is 1. The topological polar surface area (TPSA) is 93.9 Å². The number of aromatic nitrogens is 1. The molecule has 1 fully saturated rings. The lowest BCUT2D eigenvalue weighted by Crippen LogP contribution is -2.28. The molecular weight excluding hydrogens is 374 g/mol. The van der Waals surface area contributed by atoms with Gasteiger partial charge < -0.3 is 24.1 Å². The van der Waals surface area contributed by atoms with E-state index in [0.29, 0.717) is 46.4 Å². The van der Waals surface area contributed by atoms with E-state index in [9.17, 15) is 9.59 Å². The van der Waals surface area contributed by atoms with Gasteiger partial charge in [0.25, 0.3) is 0 Å². The Hall–Kier alpha value is -3.55. The second-order valence-electron chi connectivity index (χ2n) is 6.85. The minimum Gasteiger partial charge on any atom is -0.497 e. The van der Waals surface area contributed by atoms with Gasteiger partial charge in [0.05, 0.1) is 25.8 Å². The lowest BCUT2D eigenvalue weighted by Gasteiger charge is -2.17. The number of nitrogens with zero attached hydrogens (tertiary/aromatic N) is 2. The normalized spacial score (nSPS) is 16.3. The van der Waals surface area contributed by atoms with Crippen molar-refractivity contribution < 1.29 is 23.5 Å². The number of amides is 2. The van der Waals surface area contributed by atoms with Crippen LogP contribution in [0.15, 0.2) is 40.8 Å². The molecule has 2 amide bonds. The first kappa shape index (κ1) is 18.8. The zero-order valence-corrected chi connectivity index (χ0v) is 16.4. The SMILES string of the molecule is COc1ccc(OC)c(NC(=O)[C@H]2CC(=O)N(c3ccc4oc(C)nc4c3)C2)c1. The average Bonchev–Trinajstić information content (AvgIpc) is 3.28. The smallest absolute Gasteiger partial charge is 0.229 e. The molecule has 0 bridgehead atoms. The van der Waals surface area contributed by atoms with E-state index in [4.69, 9.17) is 13.9 Å². The molecule has 1 saturated heterocycles. The number of oxazole rings is 1. The number of aryl methyl sites for hydroxylation is 1. The molecule has 1 aliphatic rings. The fraction of sp³-hybridized carbons (Fsp3) is 0.286. The third-order valence-corrected chi connectivity index (χ3v) is 4.95. The second-order valence-corrected chi connectivity index (χ2v) is 6.85. The molecule has 1 aromatic heterocycles. The van der Waals surface area contributed by atoms with Crippen molar-refractivity contribution in [1.29, 1.82) is 0 Å². The molecule has 1 N–H and O–H groups in total. The summed E-state index contributed by atoms with van der Waals surface area (Å²) in [5.41, 5.74) is 2.55. The van der Waals surface area contributed by atoms with Gasteiger partial charge in [-0.2, -0.15) is 0 Å². The summed E-state index contributed by atoms with van der Waals surface area (Å²) >= 11 is 0. The maximum atomic E-state index is 12.8. The number of benzene rings is 2. The summed E-state index contributed by atoms with van der Waals surface area (Å²) in [6.07, 6.45) is 0.133. The van der Waals surface area contributed by atoms with Gasteiger partial charge in [0.15, 0.2) is 11.5 Å². The Morgan fingerprint density at radius 3 is 2.79 bits per heavy atom. The Labute approximate surface area is 167 Å². The minimum absolute atomic E-state index is 0.109. The predicted octanol–water partition coefficient (Wildman–Crippen LogP) is 3.15. The van der Waals surface area contributed by atoms with Gasteiger partial charge in [-0.05, 0) is 30.3 Å². The molecule has 0 aliphatic carbocycles. The van der Waals surface area contributed by atoms with Gasteiger partial charge in [-0.25, -0.2) is 4.98 Å². The molecule has 2 aromatic carbocycles. The van der Waals surface area contributed by atoms with Crippen molar-refractivity contribution in [3.05, 3.63) is 42.3 Å². The summed E-state index contributed by atoms with van der Waals surface area (Å²) in [4.78, 5) is 31.3. The minimum atomic E-state index is -0.479. The van der Waals surface area contributed by atoms with Gasteiger partial charge >= 0.3 is 0 Å². The number of ether oxygens (including phenoxy) is 2. The van der Waals surface area contributed by atoms with Crippen molar-refractivity contribution in [2.24, 2.45) is 5.92 Å². The lowest BCUT2D eigenvalue weighted by molar-refractivity contribution is -0.122. The maximum Gasteiger partial charge on any atom is 0.229 e. The fourth-order valence-corrected chi connectivity index (χ4v) is 3.48. The number of nitrogens with one attached hydrogen (secondary N) is 1. The van der Waals surface area contributed by atoms with Crippen molar-refractivity contribution in [3.8, 4) is 11.5 Å². The summed E-state index contributed by atoms with van der Waals surface area (Å²) in [6.45, 7) is 2.06. The molecule has 2 heterocycles. The van der Waals surface area contributed by atoms with Crippen molar-refractivity contribution in [2.45, 2.75) is 13.3 Å². The Bertz CT molecular complexity index is 1090. The quantitative estimate of drug-likeness (QED) is 0.713. The predicted molar refractivity (Wildman–Crippen MR) is 107 cm³/mol. The molecular formula is C21H21N3O5. The van der Waals surface area contributed by atoms with Crippen LogP contribution in [-0.4, -0.2) is 37.6 Å². The zero-order valence-electron chi connectivity index (χ0n) is 16.4. The van der Waals surface area contributed by atoms with Gasteiger partial charge in [0.2, 0.25) is 11.8 Å². The first-order chi connectivity index (χ1) is 14.0. The Kier molecular flexibility index (Phi) is 4.84. The van der Waals surface area contributed by atoms with Crippen molar-refractivity contribution in [1.82, 2.24) is 4.98 Å². The molecule has 1 aliphatic heterocycles. The number of anilines is 2. The summed E-state index contributed by atoms with van der Waals surface area (Å²) in [6, 6.07) is 10.5. The molecule has 4 rings (SSSR count). The highest BCUT2D eigenvalue weighted by molar-refractivity contribution is 6.04. The number of methoxy groups -OCH3 is 2. The van der Waals surface area contributed by atoms with Gasteiger partial charge in [0, 0.05) is 31.6 Å². The van der Waals surface area contributed by atoms with Crippen LogP contribution in [-0.2, 0) is 9.59 Å². The summed E-state index contributed by atoms with van der Waals surface area (Å²) in [5.74, 6) is 0.851. The van der Waals surface area contributed by atoms with Crippen LogP contribution in [0, 0.1) is 12.8 Å². The highest BCUT2D eigenvalue weighted by atomic mass is 16.5. The Morgan fingerprint density at radius 2 is 2.03 bits per heavy atom. The molecule has 0 unspecified atom stereocenters. The number of carbonyl (C=O) groups excluding carboxylic acids is 2. The average molecular weight is 395 g/mol.